The number of rotatable bonds is 5. The van der Waals surface area contributed by atoms with E-state index in [0.717, 1.165) is 5.56 Å². The SMILES string of the molecule is COc1ccc(CNC(=O)c2cccc(=O)[nH]2)c(OC)c1. The first kappa shape index (κ1) is 14.6. The Bertz CT molecular complexity index is 694. The number of hydrogen-bond donors (Lipinski definition) is 2. The van der Waals surface area contributed by atoms with Crippen molar-refractivity contribution < 1.29 is 14.3 Å². The van der Waals surface area contributed by atoms with Gasteiger partial charge in [0.25, 0.3) is 5.91 Å². The lowest BCUT2D eigenvalue weighted by Gasteiger charge is -2.11. The first-order chi connectivity index (χ1) is 10.1. The third-order valence-corrected chi connectivity index (χ3v) is 2.95. The minimum atomic E-state index is -0.356. The average Bonchev–Trinajstić information content (AvgIpc) is 2.52. The number of carbonyl (C=O) groups is 1. The second-order valence-electron chi connectivity index (χ2n) is 4.29. The maximum atomic E-state index is 11.9. The summed E-state index contributed by atoms with van der Waals surface area (Å²) in [6.45, 7) is 0.281. The average molecular weight is 288 g/mol. The second-order valence-corrected chi connectivity index (χ2v) is 4.29. The summed E-state index contributed by atoms with van der Waals surface area (Å²) in [7, 11) is 3.12. The standard InChI is InChI=1S/C15H16N2O4/c1-20-11-7-6-10(13(8-11)21-2)9-16-15(19)12-4-3-5-14(18)17-12/h3-8H,9H2,1-2H3,(H,16,19)(H,17,18). The van der Waals surface area contributed by atoms with Crippen LogP contribution < -0.4 is 20.3 Å². The summed E-state index contributed by atoms with van der Waals surface area (Å²) in [5, 5.41) is 2.72. The van der Waals surface area contributed by atoms with Crippen LogP contribution in [-0.2, 0) is 6.54 Å². The number of aromatic nitrogens is 1. The molecule has 1 amide bonds. The van der Waals surface area contributed by atoms with Crippen molar-refractivity contribution >= 4 is 5.91 Å². The molecule has 2 rings (SSSR count). The van der Waals surface area contributed by atoms with Crippen LogP contribution in [0.15, 0.2) is 41.2 Å². The highest BCUT2D eigenvalue weighted by atomic mass is 16.5. The van der Waals surface area contributed by atoms with E-state index >= 15 is 0 Å². The van der Waals surface area contributed by atoms with Gasteiger partial charge < -0.3 is 19.8 Å². The molecule has 2 N–H and O–H groups in total. The number of aromatic amines is 1. The van der Waals surface area contributed by atoms with E-state index in [1.165, 1.54) is 12.1 Å². The molecule has 0 unspecified atom stereocenters. The second kappa shape index (κ2) is 6.60. The molecule has 0 saturated carbocycles. The van der Waals surface area contributed by atoms with Crippen molar-refractivity contribution in [3.05, 3.63) is 58.0 Å². The molecule has 1 aromatic heterocycles. The molecule has 0 aliphatic rings. The minimum Gasteiger partial charge on any atom is -0.497 e. The molecule has 0 saturated heterocycles. The van der Waals surface area contributed by atoms with Crippen molar-refractivity contribution in [2.24, 2.45) is 0 Å². The molecular weight excluding hydrogens is 272 g/mol. The third kappa shape index (κ3) is 3.62. The number of methoxy groups -OCH3 is 2. The van der Waals surface area contributed by atoms with Crippen molar-refractivity contribution in [1.82, 2.24) is 10.3 Å². The Labute approximate surface area is 121 Å². The van der Waals surface area contributed by atoms with Gasteiger partial charge >= 0.3 is 0 Å². The van der Waals surface area contributed by atoms with Gasteiger partial charge in [0, 0.05) is 24.2 Å². The molecule has 0 fully saturated rings. The molecule has 6 nitrogen and oxygen atoms in total. The van der Waals surface area contributed by atoms with Crippen LogP contribution in [0.2, 0.25) is 0 Å². The summed E-state index contributed by atoms with van der Waals surface area (Å²) in [4.78, 5) is 25.6. The summed E-state index contributed by atoms with van der Waals surface area (Å²) < 4.78 is 10.4. The number of nitrogens with one attached hydrogen (secondary N) is 2. The van der Waals surface area contributed by atoms with Crippen LogP contribution in [-0.4, -0.2) is 25.1 Å². The normalized spacial score (nSPS) is 10.0. The summed E-state index contributed by atoms with van der Waals surface area (Å²) in [6, 6.07) is 9.76. The summed E-state index contributed by atoms with van der Waals surface area (Å²) in [5.74, 6) is 0.941. The molecule has 1 heterocycles. The van der Waals surface area contributed by atoms with Crippen LogP contribution in [0.4, 0.5) is 0 Å². The fourth-order valence-corrected chi connectivity index (χ4v) is 1.85. The molecule has 0 bridgehead atoms. The number of carbonyl (C=O) groups excluding carboxylic acids is 1. The molecule has 0 atom stereocenters. The lowest BCUT2D eigenvalue weighted by atomic mass is 10.2. The topological polar surface area (TPSA) is 80.4 Å². The largest absolute Gasteiger partial charge is 0.497 e. The molecule has 21 heavy (non-hydrogen) atoms. The highest BCUT2D eigenvalue weighted by Crippen LogP contribution is 2.24. The Morgan fingerprint density at radius 2 is 2.00 bits per heavy atom. The molecule has 2 aromatic rings. The predicted octanol–water partition coefficient (Wildman–Crippen LogP) is 1.32. The van der Waals surface area contributed by atoms with Crippen LogP contribution in [0.3, 0.4) is 0 Å². The number of hydrogen-bond acceptors (Lipinski definition) is 4. The Hall–Kier alpha value is -2.76. The van der Waals surface area contributed by atoms with E-state index in [9.17, 15) is 9.59 Å². The maximum absolute atomic E-state index is 11.9. The molecule has 0 aliphatic heterocycles. The zero-order chi connectivity index (χ0) is 15.2. The Morgan fingerprint density at radius 1 is 1.19 bits per heavy atom. The van der Waals surface area contributed by atoms with Gasteiger partial charge in [0.05, 0.1) is 14.2 Å². The molecule has 6 heteroatoms. The zero-order valence-electron chi connectivity index (χ0n) is 11.8. The van der Waals surface area contributed by atoms with Crippen LogP contribution in [0.5, 0.6) is 11.5 Å². The number of ether oxygens (including phenoxy) is 2. The van der Waals surface area contributed by atoms with Crippen molar-refractivity contribution in [2.75, 3.05) is 14.2 Å². The maximum Gasteiger partial charge on any atom is 0.268 e. The van der Waals surface area contributed by atoms with E-state index in [4.69, 9.17) is 9.47 Å². The monoisotopic (exact) mass is 288 g/mol. The van der Waals surface area contributed by atoms with Crippen molar-refractivity contribution in [3.8, 4) is 11.5 Å². The predicted molar refractivity (Wildman–Crippen MR) is 77.8 cm³/mol. The molecule has 110 valence electrons. The van der Waals surface area contributed by atoms with Crippen LogP contribution in [0.1, 0.15) is 16.1 Å². The van der Waals surface area contributed by atoms with E-state index < -0.39 is 0 Å². The van der Waals surface area contributed by atoms with E-state index in [1.54, 1.807) is 32.4 Å². The number of amides is 1. The van der Waals surface area contributed by atoms with Gasteiger partial charge in [0.2, 0.25) is 5.56 Å². The highest BCUT2D eigenvalue weighted by molar-refractivity contribution is 5.92. The van der Waals surface area contributed by atoms with Crippen molar-refractivity contribution in [3.63, 3.8) is 0 Å². The molecule has 0 aliphatic carbocycles. The van der Waals surface area contributed by atoms with Gasteiger partial charge in [-0.25, -0.2) is 0 Å². The van der Waals surface area contributed by atoms with E-state index in [1.807, 2.05) is 6.07 Å². The lowest BCUT2D eigenvalue weighted by molar-refractivity contribution is 0.0945. The third-order valence-electron chi connectivity index (χ3n) is 2.95. The Morgan fingerprint density at radius 3 is 2.67 bits per heavy atom. The van der Waals surface area contributed by atoms with Crippen LogP contribution in [0.25, 0.3) is 0 Å². The molecule has 0 spiro atoms. The zero-order valence-corrected chi connectivity index (χ0v) is 11.8. The van der Waals surface area contributed by atoms with E-state index in [0.29, 0.717) is 11.5 Å². The summed E-state index contributed by atoms with van der Waals surface area (Å²) in [5.41, 5.74) is 0.713. The Balaban J connectivity index is 2.09. The fourth-order valence-electron chi connectivity index (χ4n) is 1.85. The molecular formula is C15H16N2O4. The van der Waals surface area contributed by atoms with Gasteiger partial charge in [-0.2, -0.15) is 0 Å². The van der Waals surface area contributed by atoms with Crippen molar-refractivity contribution in [2.45, 2.75) is 6.54 Å². The Kier molecular flexibility index (Phi) is 4.61. The van der Waals surface area contributed by atoms with Gasteiger partial charge in [0.1, 0.15) is 17.2 Å². The molecule has 1 aromatic carbocycles. The summed E-state index contributed by atoms with van der Waals surface area (Å²) >= 11 is 0. The van der Waals surface area contributed by atoms with Gasteiger partial charge in [-0.3, -0.25) is 9.59 Å². The summed E-state index contributed by atoms with van der Waals surface area (Å²) in [6.07, 6.45) is 0. The quantitative estimate of drug-likeness (QED) is 0.869. The minimum absolute atomic E-state index is 0.218. The number of pyridine rings is 1. The fraction of sp³-hybridized carbons (Fsp3) is 0.200. The molecule has 0 radical (unpaired) electrons. The smallest absolute Gasteiger partial charge is 0.268 e. The van der Waals surface area contributed by atoms with Crippen LogP contribution >= 0.6 is 0 Å². The highest BCUT2D eigenvalue weighted by Gasteiger charge is 2.09. The number of H-pyrrole nitrogens is 1. The van der Waals surface area contributed by atoms with Gasteiger partial charge in [-0.05, 0) is 18.2 Å². The number of benzene rings is 1. The van der Waals surface area contributed by atoms with Crippen LogP contribution in [0, 0.1) is 0 Å². The van der Waals surface area contributed by atoms with Gasteiger partial charge in [0.15, 0.2) is 0 Å². The van der Waals surface area contributed by atoms with Crippen molar-refractivity contribution in [1.29, 1.82) is 0 Å². The first-order valence-corrected chi connectivity index (χ1v) is 6.32. The van der Waals surface area contributed by atoms with E-state index in [2.05, 4.69) is 10.3 Å². The van der Waals surface area contributed by atoms with Gasteiger partial charge in [-0.15, -0.1) is 0 Å². The van der Waals surface area contributed by atoms with Gasteiger partial charge in [-0.1, -0.05) is 6.07 Å². The lowest BCUT2D eigenvalue weighted by Crippen LogP contribution is -2.25. The van der Waals surface area contributed by atoms with E-state index in [-0.39, 0.29) is 23.7 Å². The first-order valence-electron chi connectivity index (χ1n) is 6.32.